The van der Waals surface area contributed by atoms with Gasteiger partial charge in [-0.3, -0.25) is 0 Å². The summed E-state index contributed by atoms with van der Waals surface area (Å²) in [5, 5.41) is 8.60. The van der Waals surface area contributed by atoms with E-state index in [0.29, 0.717) is 13.2 Å². The van der Waals surface area contributed by atoms with E-state index in [2.05, 4.69) is 4.74 Å². The molecule has 4 nitrogen and oxygen atoms in total. The molecule has 0 fully saturated rings. The van der Waals surface area contributed by atoms with Crippen LogP contribution in [-0.4, -0.2) is 24.4 Å². The maximum Gasteiger partial charge on any atom is 0.404 e. The third-order valence-corrected chi connectivity index (χ3v) is 2.80. The van der Waals surface area contributed by atoms with Gasteiger partial charge in [-0.1, -0.05) is 51.4 Å². The molecule has 0 bridgehead atoms. The van der Waals surface area contributed by atoms with Crippen LogP contribution in [0.3, 0.4) is 0 Å². The molecule has 102 valence electrons. The molecule has 17 heavy (non-hydrogen) atoms. The Balaban J connectivity index is 2.91. The average molecular weight is 245 g/mol. The first-order valence-electron chi connectivity index (χ1n) is 6.80. The lowest BCUT2D eigenvalue weighted by molar-refractivity contribution is 0.154. The lowest BCUT2D eigenvalue weighted by Gasteiger charge is -2.02. The minimum Gasteiger partial charge on any atom is -0.450 e. The van der Waals surface area contributed by atoms with Gasteiger partial charge in [0.25, 0.3) is 0 Å². The quantitative estimate of drug-likeness (QED) is 0.519. The molecule has 0 aliphatic heterocycles. The van der Waals surface area contributed by atoms with Gasteiger partial charge in [0.05, 0.1) is 6.61 Å². The Bertz CT molecular complexity index is 174. The Morgan fingerprint density at radius 2 is 1.24 bits per heavy atom. The third kappa shape index (κ3) is 15.2. The van der Waals surface area contributed by atoms with Crippen molar-refractivity contribution in [3.63, 3.8) is 0 Å². The van der Waals surface area contributed by atoms with Crippen molar-refractivity contribution in [2.45, 2.75) is 64.2 Å². The van der Waals surface area contributed by atoms with Gasteiger partial charge in [-0.15, -0.1) is 0 Å². The molecule has 0 atom stereocenters. The number of carbonyl (C=O) groups is 1. The molecule has 3 N–H and O–H groups in total. The number of carbonyl (C=O) groups excluding carboxylic acids is 1. The fraction of sp³-hybridized carbons (Fsp3) is 0.923. The Labute approximate surface area is 105 Å². The van der Waals surface area contributed by atoms with Gasteiger partial charge in [0, 0.05) is 6.61 Å². The summed E-state index contributed by atoms with van der Waals surface area (Å²) in [5.41, 5.74) is 4.85. The molecule has 4 heteroatoms. The highest BCUT2D eigenvalue weighted by atomic mass is 16.5. The van der Waals surface area contributed by atoms with E-state index < -0.39 is 6.09 Å². The molecule has 0 saturated heterocycles. The van der Waals surface area contributed by atoms with Gasteiger partial charge in [-0.25, -0.2) is 4.79 Å². The zero-order chi connectivity index (χ0) is 12.8. The lowest BCUT2D eigenvalue weighted by atomic mass is 10.1. The molecule has 0 saturated carbocycles. The molecule has 1 amide bonds. The van der Waals surface area contributed by atoms with E-state index in [-0.39, 0.29) is 0 Å². The predicted octanol–water partition coefficient (Wildman–Crippen LogP) is 2.98. The zero-order valence-electron chi connectivity index (χ0n) is 10.8. The first kappa shape index (κ1) is 16.2. The van der Waals surface area contributed by atoms with Crippen molar-refractivity contribution in [3.8, 4) is 0 Å². The molecule has 0 aliphatic carbocycles. The van der Waals surface area contributed by atoms with E-state index in [1.54, 1.807) is 0 Å². The molecule has 0 aromatic heterocycles. The van der Waals surface area contributed by atoms with Crippen LogP contribution in [0.5, 0.6) is 0 Å². The number of rotatable bonds is 12. The molecule has 0 unspecified atom stereocenters. The monoisotopic (exact) mass is 245 g/mol. The normalized spacial score (nSPS) is 10.4. The van der Waals surface area contributed by atoms with Crippen LogP contribution in [0, 0.1) is 0 Å². The second-order valence-corrected chi connectivity index (χ2v) is 4.43. The largest absolute Gasteiger partial charge is 0.450 e. The van der Waals surface area contributed by atoms with Crippen molar-refractivity contribution in [1.29, 1.82) is 0 Å². The molecule has 0 heterocycles. The average Bonchev–Trinajstić information content (AvgIpc) is 2.30. The highest BCUT2D eigenvalue weighted by molar-refractivity contribution is 5.64. The first-order chi connectivity index (χ1) is 8.27. The second-order valence-electron chi connectivity index (χ2n) is 4.43. The Hall–Kier alpha value is -0.770. The molecule has 0 radical (unpaired) electrons. The summed E-state index contributed by atoms with van der Waals surface area (Å²) in [5.74, 6) is 0. The van der Waals surface area contributed by atoms with Gasteiger partial charge in [0.2, 0.25) is 0 Å². The van der Waals surface area contributed by atoms with Gasteiger partial charge in [-0.05, 0) is 12.8 Å². The summed E-state index contributed by atoms with van der Waals surface area (Å²) < 4.78 is 4.64. The van der Waals surface area contributed by atoms with Crippen LogP contribution in [0.1, 0.15) is 64.2 Å². The number of nitrogens with two attached hydrogens (primary N) is 1. The third-order valence-electron chi connectivity index (χ3n) is 2.80. The number of primary amides is 1. The van der Waals surface area contributed by atoms with Crippen molar-refractivity contribution in [2.75, 3.05) is 13.2 Å². The van der Waals surface area contributed by atoms with Crippen molar-refractivity contribution in [2.24, 2.45) is 5.73 Å². The Morgan fingerprint density at radius 1 is 0.824 bits per heavy atom. The van der Waals surface area contributed by atoms with Crippen LogP contribution in [0.15, 0.2) is 0 Å². The van der Waals surface area contributed by atoms with E-state index in [4.69, 9.17) is 10.8 Å². The Kier molecular flexibility index (Phi) is 12.7. The minimum absolute atomic E-state index is 0.327. The molecule has 0 rings (SSSR count). The minimum atomic E-state index is -0.673. The van der Waals surface area contributed by atoms with Gasteiger partial charge < -0.3 is 15.6 Å². The molecule has 0 aliphatic rings. The predicted molar refractivity (Wildman–Crippen MR) is 68.8 cm³/mol. The van der Waals surface area contributed by atoms with Crippen LogP contribution >= 0.6 is 0 Å². The van der Waals surface area contributed by atoms with Gasteiger partial charge in [0.1, 0.15) is 0 Å². The zero-order valence-corrected chi connectivity index (χ0v) is 10.8. The fourth-order valence-electron chi connectivity index (χ4n) is 1.80. The molecule has 0 aromatic carbocycles. The van der Waals surface area contributed by atoms with Gasteiger partial charge >= 0.3 is 6.09 Å². The Morgan fingerprint density at radius 3 is 1.65 bits per heavy atom. The second kappa shape index (κ2) is 13.3. The summed E-state index contributed by atoms with van der Waals surface area (Å²) in [6.45, 7) is 0.782. The number of hydrogen-bond acceptors (Lipinski definition) is 3. The van der Waals surface area contributed by atoms with Crippen molar-refractivity contribution in [3.05, 3.63) is 0 Å². The smallest absolute Gasteiger partial charge is 0.404 e. The van der Waals surface area contributed by atoms with E-state index in [1.165, 1.54) is 38.5 Å². The number of amides is 1. The van der Waals surface area contributed by atoms with E-state index in [9.17, 15) is 4.79 Å². The van der Waals surface area contributed by atoms with Crippen LogP contribution in [0.25, 0.3) is 0 Å². The summed E-state index contributed by atoms with van der Waals surface area (Å²) >= 11 is 0. The van der Waals surface area contributed by atoms with E-state index in [0.717, 1.165) is 25.7 Å². The highest BCUT2D eigenvalue weighted by Crippen LogP contribution is 2.10. The van der Waals surface area contributed by atoms with Crippen LogP contribution in [-0.2, 0) is 4.74 Å². The molecular formula is C13H27NO3. The van der Waals surface area contributed by atoms with Crippen molar-refractivity contribution < 1.29 is 14.6 Å². The first-order valence-corrected chi connectivity index (χ1v) is 6.80. The number of unbranched alkanes of at least 4 members (excludes halogenated alkanes) is 9. The molecule has 0 aromatic rings. The van der Waals surface area contributed by atoms with Crippen LogP contribution in [0.2, 0.25) is 0 Å². The van der Waals surface area contributed by atoms with Crippen molar-refractivity contribution in [1.82, 2.24) is 0 Å². The topological polar surface area (TPSA) is 72.6 Å². The fourth-order valence-corrected chi connectivity index (χ4v) is 1.80. The van der Waals surface area contributed by atoms with Gasteiger partial charge in [0.15, 0.2) is 0 Å². The molecular weight excluding hydrogens is 218 g/mol. The maximum absolute atomic E-state index is 10.3. The maximum atomic E-state index is 10.3. The summed E-state index contributed by atoms with van der Waals surface area (Å²) in [7, 11) is 0. The SMILES string of the molecule is NC(=O)OCCCCCCCCCCCCO. The highest BCUT2D eigenvalue weighted by Gasteiger charge is 1.95. The number of hydrogen-bond donors (Lipinski definition) is 2. The van der Waals surface area contributed by atoms with Gasteiger partial charge in [-0.2, -0.15) is 0 Å². The number of aliphatic hydroxyl groups is 1. The van der Waals surface area contributed by atoms with E-state index in [1.807, 2.05) is 0 Å². The van der Waals surface area contributed by atoms with E-state index >= 15 is 0 Å². The summed E-state index contributed by atoms with van der Waals surface area (Å²) in [6.07, 6.45) is 11.0. The number of aliphatic hydroxyl groups excluding tert-OH is 1. The summed E-state index contributed by atoms with van der Waals surface area (Å²) in [4.78, 5) is 10.3. The van der Waals surface area contributed by atoms with Crippen LogP contribution < -0.4 is 5.73 Å². The number of ether oxygens (including phenoxy) is 1. The lowest BCUT2D eigenvalue weighted by Crippen LogP contribution is -2.13. The van der Waals surface area contributed by atoms with Crippen LogP contribution in [0.4, 0.5) is 4.79 Å². The van der Waals surface area contributed by atoms with Crippen molar-refractivity contribution >= 4 is 6.09 Å². The molecule has 0 spiro atoms. The standard InChI is InChI=1S/C13H27NO3/c14-13(16)17-12-10-8-6-4-2-1-3-5-7-9-11-15/h15H,1-12H2,(H2,14,16). The summed E-state index contributed by atoms with van der Waals surface area (Å²) in [6, 6.07) is 0.